The molecule has 0 aliphatic rings. The molecule has 0 bridgehead atoms. The predicted octanol–water partition coefficient (Wildman–Crippen LogP) is 3.15. The lowest BCUT2D eigenvalue weighted by atomic mass is 9.97. The second-order valence-corrected chi connectivity index (χ2v) is 5.78. The van der Waals surface area contributed by atoms with Crippen LogP contribution < -0.4 is 5.32 Å². The van der Waals surface area contributed by atoms with Crippen LogP contribution in [0.4, 0.5) is 4.39 Å². The Hall–Kier alpha value is -1.97. The van der Waals surface area contributed by atoms with Crippen molar-refractivity contribution in [1.82, 2.24) is 10.3 Å². The van der Waals surface area contributed by atoms with Gasteiger partial charge in [0.25, 0.3) is 5.91 Å². The zero-order valence-electron chi connectivity index (χ0n) is 11.3. The number of pyridine rings is 1. The average Bonchev–Trinajstić information content (AvgIpc) is 2.34. The van der Waals surface area contributed by atoms with E-state index in [1.165, 1.54) is 12.1 Å². The first-order valence-electron chi connectivity index (χ1n) is 6.20. The van der Waals surface area contributed by atoms with Crippen molar-refractivity contribution in [2.24, 2.45) is 5.41 Å². The summed E-state index contributed by atoms with van der Waals surface area (Å²) in [4.78, 5) is 16.2. The topological polar surface area (TPSA) is 42.0 Å². The Kier molecular flexibility index (Phi) is 3.51. The normalized spacial score (nSPS) is 11.6. The fourth-order valence-corrected chi connectivity index (χ4v) is 1.66. The quantitative estimate of drug-likeness (QED) is 0.901. The largest absolute Gasteiger partial charge is 0.350 e. The fourth-order valence-electron chi connectivity index (χ4n) is 1.66. The second kappa shape index (κ2) is 4.96. The Balaban J connectivity index is 2.21. The number of nitrogens with zero attached hydrogens (tertiary/aromatic N) is 1. The maximum absolute atomic E-state index is 13.0. The summed E-state index contributed by atoms with van der Waals surface area (Å²) in [6.07, 6.45) is 0. The van der Waals surface area contributed by atoms with Crippen LogP contribution in [0.3, 0.4) is 0 Å². The first kappa shape index (κ1) is 13.5. The van der Waals surface area contributed by atoms with Gasteiger partial charge in [-0.2, -0.15) is 0 Å². The van der Waals surface area contributed by atoms with Gasteiger partial charge in [-0.3, -0.25) is 4.79 Å². The third-order valence-electron chi connectivity index (χ3n) is 2.66. The van der Waals surface area contributed by atoms with Crippen molar-refractivity contribution in [3.8, 4) is 0 Å². The molecule has 1 heterocycles. The number of amides is 1. The number of benzene rings is 1. The van der Waals surface area contributed by atoms with E-state index in [4.69, 9.17) is 0 Å². The van der Waals surface area contributed by atoms with Crippen LogP contribution in [0.2, 0.25) is 0 Å². The fraction of sp³-hybridized carbons (Fsp3) is 0.333. The summed E-state index contributed by atoms with van der Waals surface area (Å²) in [6, 6.07) is 7.63. The molecule has 4 heteroatoms. The van der Waals surface area contributed by atoms with Crippen LogP contribution in [0.15, 0.2) is 30.3 Å². The van der Waals surface area contributed by atoms with Gasteiger partial charge in [0.15, 0.2) is 0 Å². The van der Waals surface area contributed by atoms with E-state index < -0.39 is 0 Å². The summed E-state index contributed by atoms with van der Waals surface area (Å²) in [5, 5.41) is 3.53. The van der Waals surface area contributed by atoms with E-state index in [9.17, 15) is 9.18 Å². The molecule has 100 valence electrons. The minimum Gasteiger partial charge on any atom is -0.350 e. The molecule has 1 aromatic carbocycles. The number of aromatic nitrogens is 1. The maximum atomic E-state index is 13.0. The summed E-state index contributed by atoms with van der Waals surface area (Å²) >= 11 is 0. The molecular formula is C15H17FN2O. The molecule has 0 unspecified atom stereocenters. The molecule has 0 saturated carbocycles. The molecule has 1 amide bonds. The van der Waals surface area contributed by atoms with Crippen molar-refractivity contribution >= 4 is 16.8 Å². The standard InChI is InChI=1S/C15H17FN2O/c1-15(2,3)9-17-14(19)13-6-4-10-8-11(16)5-7-12(10)18-13/h4-8H,9H2,1-3H3,(H,17,19). The molecule has 1 aromatic heterocycles. The summed E-state index contributed by atoms with van der Waals surface area (Å²) in [7, 11) is 0. The number of carbonyl (C=O) groups is 1. The van der Waals surface area contributed by atoms with Crippen LogP contribution in [0.5, 0.6) is 0 Å². The van der Waals surface area contributed by atoms with Gasteiger partial charge in [0, 0.05) is 11.9 Å². The second-order valence-electron chi connectivity index (χ2n) is 5.78. The molecule has 0 atom stereocenters. The van der Waals surface area contributed by atoms with Gasteiger partial charge in [-0.1, -0.05) is 26.8 Å². The highest BCUT2D eigenvalue weighted by Crippen LogP contribution is 2.15. The zero-order chi connectivity index (χ0) is 14.0. The summed E-state index contributed by atoms with van der Waals surface area (Å²) in [5.41, 5.74) is 0.989. The Morgan fingerprint density at radius 2 is 2.00 bits per heavy atom. The van der Waals surface area contributed by atoms with E-state index in [2.05, 4.69) is 10.3 Å². The van der Waals surface area contributed by atoms with Crippen molar-refractivity contribution in [2.45, 2.75) is 20.8 Å². The van der Waals surface area contributed by atoms with E-state index in [1.807, 2.05) is 20.8 Å². The number of fused-ring (bicyclic) bond motifs is 1. The third-order valence-corrected chi connectivity index (χ3v) is 2.66. The van der Waals surface area contributed by atoms with Gasteiger partial charge in [-0.25, -0.2) is 9.37 Å². The SMILES string of the molecule is CC(C)(C)CNC(=O)c1ccc2cc(F)ccc2n1. The number of nitrogens with one attached hydrogen (secondary N) is 1. The molecule has 0 spiro atoms. The number of halogens is 1. The molecule has 0 aliphatic carbocycles. The zero-order valence-corrected chi connectivity index (χ0v) is 11.3. The highest BCUT2D eigenvalue weighted by molar-refractivity contribution is 5.94. The highest BCUT2D eigenvalue weighted by Gasteiger charge is 2.14. The third kappa shape index (κ3) is 3.50. The summed E-state index contributed by atoms with van der Waals surface area (Å²) < 4.78 is 13.0. The van der Waals surface area contributed by atoms with E-state index in [0.717, 1.165) is 0 Å². The van der Waals surface area contributed by atoms with Crippen molar-refractivity contribution < 1.29 is 9.18 Å². The number of hydrogen-bond donors (Lipinski definition) is 1. The van der Waals surface area contributed by atoms with Gasteiger partial charge in [-0.15, -0.1) is 0 Å². The number of hydrogen-bond acceptors (Lipinski definition) is 2. The van der Waals surface area contributed by atoms with E-state index in [0.29, 0.717) is 23.1 Å². The number of carbonyl (C=O) groups excluding carboxylic acids is 1. The molecule has 1 N–H and O–H groups in total. The Labute approximate surface area is 111 Å². The van der Waals surface area contributed by atoms with Crippen molar-refractivity contribution in [2.75, 3.05) is 6.54 Å². The Morgan fingerprint density at radius 1 is 1.26 bits per heavy atom. The molecule has 2 rings (SSSR count). The molecule has 0 aliphatic heterocycles. The molecule has 0 fully saturated rings. The molecular weight excluding hydrogens is 243 g/mol. The van der Waals surface area contributed by atoms with Gasteiger partial charge in [0.05, 0.1) is 5.52 Å². The molecule has 0 saturated heterocycles. The van der Waals surface area contributed by atoms with Crippen LogP contribution in [0.1, 0.15) is 31.3 Å². The van der Waals surface area contributed by atoms with Crippen LogP contribution in [0, 0.1) is 11.2 Å². The van der Waals surface area contributed by atoms with Crippen molar-refractivity contribution in [1.29, 1.82) is 0 Å². The van der Waals surface area contributed by atoms with E-state index in [1.54, 1.807) is 18.2 Å². The molecule has 2 aromatic rings. The monoisotopic (exact) mass is 260 g/mol. The van der Waals surface area contributed by atoms with E-state index >= 15 is 0 Å². The average molecular weight is 260 g/mol. The predicted molar refractivity (Wildman–Crippen MR) is 73.5 cm³/mol. The van der Waals surface area contributed by atoms with Crippen LogP contribution in [0.25, 0.3) is 10.9 Å². The minimum absolute atomic E-state index is 0.0234. The maximum Gasteiger partial charge on any atom is 0.269 e. The van der Waals surface area contributed by atoms with E-state index in [-0.39, 0.29) is 17.1 Å². The van der Waals surface area contributed by atoms with Crippen molar-refractivity contribution in [3.63, 3.8) is 0 Å². The Morgan fingerprint density at radius 3 is 2.68 bits per heavy atom. The lowest BCUT2D eigenvalue weighted by Crippen LogP contribution is -2.32. The van der Waals surface area contributed by atoms with Crippen molar-refractivity contribution in [3.05, 3.63) is 41.8 Å². The van der Waals surface area contributed by atoms with Gasteiger partial charge < -0.3 is 5.32 Å². The lowest BCUT2D eigenvalue weighted by molar-refractivity contribution is 0.0934. The van der Waals surface area contributed by atoms with Crippen LogP contribution in [-0.4, -0.2) is 17.4 Å². The highest BCUT2D eigenvalue weighted by atomic mass is 19.1. The molecule has 19 heavy (non-hydrogen) atoms. The molecule has 0 radical (unpaired) electrons. The van der Waals surface area contributed by atoms with Gasteiger partial charge >= 0.3 is 0 Å². The first-order chi connectivity index (χ1) is 8.85. The van der Waals surface area contributed by atoms with Crippen LogP contribution >= 0.6 is 0 Å². The van der Waals surface area contributed by atoms with Gasteiger partial charge in [0.1, 0.15) is 11.5 Å². The Bertz CT molecular complexity index is 617. The number of rotatable bonds is 2. The van der Waals surface area contributed by atoms with Gasteiger partial charge in [0.2, 0.25) is 0 Å². The first-order valence-corrected chi connectivity index (χ1v) is 6.20. The van der Waals surface area contributed by atoms with Gasteiger partial charge in [-0.05, 0) is 29.7 Å². The van der Waals surface area contributed by atoms with Crippen LogP contribution in [-0.2, 0) is 0 Å². The summed E-state index contributed by atoms with van der Waals surface area (Å²) in [5.74, 6) is -0.514. The minimum atomic E-state index is -0.306. The lowest BCUT2D eigenvalue weighted by Gasteiger charge is -2.18. The smallest absolute Gasteiger partial charge is 0.269 e. The summed E-state index contributed by atoms with van der Waals surface area (Å²) in [6.45, 7) is 6.71. The molecule has 3 nitrogen and oxygen atoms in total.